The second-order valence-electron chi connectivity index (χ2n) is 7.17. The summed E-state index contributed by atoms with van der Waals surface area (Å²) in [5, 5.41) is 11.1. The lowest BCUT2D eigenvalue weighted by Crippen LogP contribution is -2.39. The molecule has 3 rings (SSSR count). The van der Waals surface area contributed by atoms with Crippen LogP contribution < -0.4 is 24.8 Å². The number of aliphatic imine (C=N–C) groups is 1. The number of nitrogens with one attached hydrogen (secondary N) is 2. The Bertz CT molecular complexity index is 1010. The number of aromatic nitrogens is 2. The van der Waals surface area contributed by atoms with Crippen molar-refractivity contribution in [2.45, 2.75) is 19.4 Å². The lowest BCUT2D eigenvalue weighted by atomic mass is 10.1. The monoisotopic (exact) mass is 437 g/mol. The Morgan fingerprint density at radius 1 is 1.06 bits per heavy atom. The molecule has 0 amide bonds. The maximum atomic E-state index is 5.54. The molecular weight excluding hydrogens is 406 g/mol. The second-order valence-corrected chi connectivity index (χ2v) is 7.17. The Hall–Kier alpha value is -3.68. The summed E-state index contributed by atoms with van der Waals surface area (Å²) in [7, 11) is 6.67. The van der Waals surface area contributed by atoms with Crippen molar-refractivity contribution in [3.63, 3.8) is 0 Å². The highest BCUT2D eigenvalue weighted by Crippen LogP contribution is 2.34. The van der Waals surface area contributed by atoms with Gasteiger partial charge in [-0.2, -0.15) is 5.10 Å². The van der Waals surface area contributed by atoms with Gasteiger partial charge in [-0.1, -0.05) is 12.1 Å². The van der Waals surface area contributed by atoms with Crippen molar-refractivity contribution >= 4 is 5.96 Å². The van der Waals surface area contributed by atoms with Crippen LogP contribution in [0.15, 0.2) is 59.9 Å². The van der Waals surface area contributed by atoms with Crippen molar-refractivity contribution in [2.24, 2.45) is 4.99 Å². The van der Waals surface area contributed by atoms with E-state index in [0.717, 1.165) is 28.3 Å². The van der Waals surface area contributed by atoms with Gasteiger partial charge in [0.2, 0.25) is 0 Å². The lowest BCUT2D eigenvalue weighted by molar-refractivity contribution is 0.368. The van der Waals surface area contributed by atoms with E-state index in [1.165, 1.54) is 0 Å². The van der Waals surface area contributed by atoms with Gasteiger partial charge in [0.1, 0.15) is 17.2 Å². The van der Waals surface area contributed by atoms with Crippen molar-refractivity contribution in [3.05, 3.63) is 66.0 Å². The van der Waals surface area contributed by atoms with Gasteiger partial charge in [0.15, 0.2) is 5.96 Å². The van der Waals surface area contributed by atoms with Crippen LogP contribution in [-0.4, -0.2) is 50.7 Å². The van der Waals surface area contributed by atoms with Crippen molar-refractivity contribution < 1.29 is 14.2 Å². The summed E-state index contributed by atoms with van der Waals surface area (Å²) in [6, 6.07) is 14.0. The van der Waals surface area contributed by atoms with Crippen molar-refractivity contribution in [1.29, 1.82) is 0 Å². The Morgan fingerprint density at radius 2 is 1.81 bits per heavy atom. The Balaban J connectivity index is 1.63. The summed E-state index contributed by atoms with van der Waals surface area (Å²) >= 11 is 0. The second kappa shape index (κ2) is 11.1. The van der Waals surface area contributed by atoms with Crippen LogP contribution in [0.1, 0.15) is 24.1 Å². The number of hydrogen-bond acceptors (Lipinski definition) is 5. The molecule has 2 N–H and O–H groups in total. The number of guanidine groups is 1. The molecule has 0 aliphatic carbocycles. The van der Waals surface area contributed by atoms with E-state index in [1.807, 2.05) is 41.2 Å². The van der Waals surface area contributed by atoms with E-state index < -0.39 is 0 Å². The maximum absolute atomic E-state index is 5.54. The first kappa shape index (κ1) is 23.0. The molecule has 0 fully saturated rings. The van der Waals surface area contributed by atoms with E-state index in [-0.39, 0.29) is 6.04 Å². The van der Waals surface area contributed by atoms with Crippen LogP contribution in [0.25, 0.3) is 5.69 Å². The molecule has 3 aromatic rings. The molecule has 0 aliphatic heterocycles. The predicted octanol–water partition coefficient (Wildman–Crippen LogP) is 3.37. The summed E-state index contributed by atoms with van der Waals surface area (Å²) < 4.78 is 18.2. The van der Waals surface area contributed by atoms with E-state index in [2.05, 4.69) is 39.8 Å². The van der Waals surface area contributed by atoms with Gasteiger partial charge in [-0.25, -0.2) is 4.68 Å². The summed E-state index contributed by atoms with van der Waals surface area (Å²) in [5.74, 6) is 2.87. The number of methoxy groups -OCH3 is 3. The molecule has 1 heterocycles. The minimum Gasteiger partial charge on any atom is -0.496 e. The van der Waals surface area contributed by atoms with Crippen LogP contribution in [0.5, 0.6) is 17.2 Å². The van der Waals surface area contributed by atoms with Crippen molar-refractivity contribution in [1.82, 2.24) is 20.4 Å². The molecule has 1 unspecified atom stereocenters. The van der Waals surface area contributed by atoms with Gasteiger partial charge in [-0.3, -0.25) is 4.99 Å². The summed E-state index contributed by atoms with van der Waals surface area (Å²) in [4.78, 5) is 4.36. The number of benzene rings is 2. The normalized spacial score (nSPS) is 12.2. The predicted molar refractivity (Wildman–Crippen MR) is 126 cm³/mol. The van der Waals surface area contributed by atoms with E-state index >= 15 is 0 Å². The fourth-order valence-corrected chi connectivity index (χ4v) is 3.47. The highest BCUT2D eigenvalue weighted by atomic mass is 16.5. The first-order valence-corrected chi connectivity index (χ1v) is 10.5. The van der Waals surface area contributed by atoms with Crippen LogP contribution in [0.2, 0.25) is 0 Å². The van der Waals surface area contributed by atoms with E-state index in [4.69, 9.17) is 14.2 Å². The zero-order valence-corrected chi connectivity index (χ0v) is 19.3. The van der Waals surface area contributed by atoms with Gasteiger partial charge in [-0.15, -0.1) is 0 Å². The molecule has 0 saturated carbocycles. The molecule has 0 radical (unpaired) electrons. The molecule has 0 spiro atoms. The highest BCUT2D eigenvalue weighted by molar-refractivity contribution is 5.80. The van der Waals surface area contributed by atoms with Crippen LogP contribution in [0, 0.1) is 0 Å². The zero-order valence-electron chi connectivity index (χ0n) is 19.3. The first-order valence-electron chi connectivity index (χ1n) is 10.5. The topological polar surface area (TPSA) is 81.9 Å². The van der Waals surface area contributed by atoms with Gasteiger partial charge >= 0.3 is 0 Å². The highest BCUT2D eigenvalue weighted by Gasteiger charge is 2.14. The summed E-state index contributed by atoms with van der Waals surface area (Å²) in [6.07, 6.45) is 4.40. The third-order valence-corrected chi connectivity index (χ3v) is 5.20. The zero-order chi connectivity index (χ0) is 22.9. The minimum absolute atomic E-state index is 0.0572. The molecule has 2 aromatic carbocycles. The molecule has 32 heavy (non-hydrogen) atoms. The first-order chi connectivity index (χ1) is 15.6. The molecule has 0 bridgehead atoms. The van der Waals surface area contributed by atoms with Gasteiger partial charge < -0.3 is 24.8 Å². The Labute approximate surface area is 189 Å². The summed E-state index contributed by atoms with van der Waals surface area (Å²) in [6.45, 7) is 2.75. The number of hydrogen-bond donors (Lipinski definition) is 2. The van der Waals surface area contributed by atoms with E-state index in [9.17, 15) is 0 Å². The smallest absolute Gasteiger partial charge is 0.191 e. The lowest BCUT2D eigenvalue weighted by Gasteiger charge is -2.20. The Kier molecular flexibility index (Phi) is 7.96. The molecule has 8 nitrogen and oxygen atoms in total. The standard InChI is InChI=1S/C24H31N5O3/c1-17(18-8-6-9-19(14-18)29-13-7-11-27-29)28-24(25-2)26-12-10-21-22(31-4)15-20(30-3)16-23(21)32-5/h6-9,11,13-17H,10,12H2,1-5H3,(H2,25,26,28). The fourth-order valence-electron chi connectivity index (χ4n) is 3.47. The van der Waals surface area contributed by atoms with Crippen molar-refractivity contribution in [3.8, 4) is 22.9 Å². The average molecular weight is 438 g/mol. The quantitative estimate of drug-likeness (QED) is 0.395. The molecule has 8 heteroatoms. The molecule has 0 aliphatic rings. The van der Waals surface area contributed by atoms with Crippen molar-refractivity contribution in [2.75, 3.05) is 34.9 Å². The number of nitrogens with zero attached hydrogens (tertiary/aromatic N) is 3. The molecule has 1 aromatic heterocycles. The summed E-state index contributed by atoms with van der Waals surface area (Å²) in [5.41, 5.74) is 3.13. The van der Waals surface area contributed by atoms with Crippen LogP contribution in [0.4, 0.5) is 0 Å². The van der Waals surface area contributed by atoms with Gasteiger partial charge in [0.05, 0.1) is 33.1 Å². The third kappa shape index (κ3) is 5.51. The van der Waals surface area contributed by atoms with Crippen LogP contribution in [-0.2, 0) is 6.42 Å². The SMILES string of the molecule is CN=C(NCCc1c(OC)cc(OC)cc1OC)NC(C)c1cccc(-n2cccn2)c1. The largest absolute Gasteiger partial charge is 0.496 e. The van der Waals surface area contributed by atoms with E-state index in [1.54, 1.807) is 34.6 Å². The molecule has 170 valence electrons. The average Bonchev–Trinajstić information content (AvgIpc) is 3.38. The van der Waals surface area contributed by atoms with Gasteiger partial charge in [-0.05, 0) is 37.1 Å². The minimum atomic E-state index is 0.0572. The molecule has 0 saturated heterocycles. The number of ether oxygens (including phenoxy) is 3. The molecular formula is C24H31N5O3. The van der Waals surface area contributed by atoms with Crippen LogP contribution >= 0.6 is 0 Å². The van der Waals surface area contributed by atoms with E-state index in [0.29, 0.717) is 24.7 Å². The maximum Gasteiger partial charge on any atom is 0.191 e. The van der Waals surface area contributed by atoms with Gasteiger partial charge in [0.25, 0.3) is 0 Å². The third-order valence-electron chi connectivity index (χ3n) is 5.20. The Morgan fingerprint density at radius 3 is 2.41 bits per heavy atom. The van der Waals surface area contributed by atoms with Gasteiger partial charge in [0, 0.05) is 43.7 Å². The number of rotatable bonds is 9. The molecule has 1 atom stereocenters. The van der Waals surface area contributed by atoms with Crippen LogP contribution in [0.3, 0.4) is 0 Å². The fraction of sp³-hybridized carbons (Fsp3) is 0.333.